The maximum Gasteiger partial charge on any atom is 0.0931 e. The fourth-order valence-corrected chi connectivity index (χ4v) is 4.09. The Hall–Kier alpha value is -1.84. The SMILES string of the molecule is CC1(C)CCC(NCc2ccc(-c3ccc4nc[nH]c4c3)cc2Cl)CC1. The van der Waals surface area contributed by atoms with Gasteiger partial charge in [0.15, 0.2) is 0 Å². The highest BCUT2D eigenvalue weighted by molar-refractivity contribution is 6.31. The smallest absolute Gasteiger partial charge is 0.0931 e. The summed E-state index contributed by atoms with van der Waals surface area (Å²) < 4.78 is 0. The Morgan fingerprint density at radius 3 is 2.62 bits per heavy atom. The Kier molecular flexibility index (Phi) is 4.76. The average molecular weight is 368 g/mol. The molecule has 2 aromatic carbocycles. The molecule has 1 aliphatic rings. The maximum atomic E-state index is 6.58. The quantitative estimate of drug-likeness (QED) is 0.598. The third-order valence-corrected chi connectivity index (χ3v) is 6.08. The fraction of sp³-hybridized carbons (Fsp3) is 0.409. The molecule has 0 amide bonds. The minimum Gasteiger partial charge on any atom is -0.345 e. The number of H-pyrrole nitrogens is 1. The zero-order valence-corrected chi connectivity index (χ0v) is 16.2. The first-order valence-electron chi connectivity index (χ1n) is 9.45. The summed E-state index contributed by atoms with van der Waals surface area (Å²) in [7, 11) is 0. The predicted octanol–water partition coefficient (Wildman–Crippen LogP) is 5.94. The molecule has 1 aliphatic carbocycles. The lowest BCUT2D eigenvalue weighted by Crippen LogP contribution is -2.35. The largest absolute Gasteiger partial charge is 0.345 e. The number of rotatable bonds is 4. The van der Waals surface area contributed by atoms with Crippen molar-refractivity contribution in [2.24, 2.45) is 5.41 Å². The number of imidazole rings is 1. The number of hydrogen-bond donors (Lipinski definition) is 2. The standard InChI is InChI=1S/C22H26ClN3/c1-22(2)9-7-18(8-10-22)24-13-17-4-3-15(11-19(17)23)16-5-6-20-21(12-16)26-14-25-20/h3-6,11-12,14,18,24H,7-10,13H2,1-2H3,(H,25,26). The van der Waals surface area contributed by atoms with Gasteiger partial charge in [-0.05, 0) is 66.0 Å². The third-order valence-electron chi connectivity index (χ3n) is 5.73. The first-order chi connectivity index (χ1) is 12.5. The van der Waals surface area contributed by atoms with Crippen molar-refractivity contribution in [1.29, 1.82) is 0 Å². The van der Waals surface area contributed by atoms with Crippen LogP contribution in [0.1, 0.15) is 45.1 Å². The summed E-state index contributed by atoms with van der Waals surface area (Å²) in [6.45, 7) is 5.59. The second kappa shape index (κ2) is 7.05. The summed E-state index contributed by atoms with van der Waals surface area (Å²) in [5.41, 5.74) is 5.99. The summed E-state index contributed by atoms with van der Waals surface area (Å²) in [6, 6.07) is 13.2. The van der Waals surface area contributed by atoms with Gasteiger partial charge in [0.25, 0.3) is 0 Å². The Labute approximate surface area is 160 Å². The van der Waals surface area contributed by atoms with Crippen molar-refractivity contribution in [3.05, 3.63) is 53.3 Å². The number of aromatic nitrogens is 2. The summed E-state index contributed by atoms with van der Waals surface area (Å²) in [5, 5.41) is 4.53. The van der Waals surface area contributed by atoms with E-state index in [-0.39, 0.29) is 0 Å². The molecule has 1 fully saturated rings. The fourth-order valence-electron chi connectivity index (χ4n) is 3.84. The third kappa shape index (κ3) is 3.79. The Morgan fingerprint density at radius 1 is 1.12 bits per heavy atom. The monoisotopic (exact) mass is 367 g/mol. The normalized spacial score (nSPS) is 17.7. The van der Waals surface area contributed by atoms with Gasteiger partial charge in [0.2, 0.25) is 0 Å². The Balaban J connectivity index is 1.44. The number of aromatic amines is 1. The molecular formula is C22H26ClN3. The summed E-state index contributed by atoms with van der Waals surface area (Å²) in [5.74, 6) is 0. The second-order valence-corrected chi connectivity index (χ2v) is 8.67. The van der Waals surface area contributed by atoms with Gasteiger partial charge in [-0.2, -0.15) is 0 Å². The maximum absolute atomic E-state index is 6.58. The van der Waals surface area contributed by atoms with Gasteiger partial charge in [-0.25, -0.2) is 4.98 Å². The minimum atomic E-state index is 0.507. The van der Waals surface area contributed by atoms with Crippen LogP contribution >= 0.6 is 11.6 Å². The van der Waals surface area contributed by atoms with E-state index in [1.807, 2.05) is 6.07 Å². The molecule has 0 saturated heterocycles. The minimum absolute atomic E-state index is 0.507. The van der Waals surface area contributed by atoms with E-state index < -0.39 is 0 Å². The van der Waals surface area contributed by atoms with Gasteiger partial charge in [-0.3, -0.25) is 0 Å². The molecule has 0 aliphatic heterocycles. The van der Waals surface area contributed by atoms with E-state index >= 15 is 0 Å². The van der Waals surface area contributed by atoms with Crippen molar-refractivity contribution in [3.8, 4) is 11.1 Å². The molecule has 1 aromatic heterocycles. The van der Waals surface area contributed by atoms with Gasteiger partial charge in [-0.1, -0.05) is 43.6 Å². The lowest BCUT2D eigenvalue weighted by Gasteiger charge is -2.34. The number of halogens is 1. The Bertz CT molecular complexity index is 903. The molecular weight excluding hydrogens is 342 g/mol. The number of nitrogens with one attached hydrogen (secondary N) is 2. The molecule has 1 saturated carbocycles. The van der Waals surface area contributed by atoms with E-state index in [4.69, 9.17) is 11.6 Å². The molecule has 1 heterocycles. The number of fused-ring (bicyclic) bond motifs is 1. The molecule has 0 unspecified atom stereocenters. The highest BCUT2D eigenvalue weighted by Gasteiger charge is 2.26. The molecule has 0 radical (unpaired) electrons. The first-order valence-corrected chi connectivity index (χ1v) is 9.83. The van der Waals surface area contributed by atoms with Crippen LogP contribution < -0.4 is 5.32 Å². The van der Waals surface area contributed by atoms with Gasteiger partial charge in [0, 0.05) is 17.6 Å². The van der Waals surface area contributed by atoms with Crippen molar-refractivity contribution in [3.63, 3.8) is 0 Å². The van der Waals surface area contributed by atoms with Gasteiger partial charge >= 0.3 is 0 Å². The zero-order chi connectivity index (χ0) is 18.1. The van der Waals surface area contributed by atoms with E-state index in [2.05, 4.69) is 59.5 Å². The Morgan fingerprint density at radius 2 is 1.85 bits per heavy atom. The molecule has 0 atom stereocenters. The molecule has 3 nitrogen and oxygen atoms in total. The van der Waals surface area contributed by atoms with Crippen LogP contribution in [-0.4, -0.2) is 16.0 Å². The molecule has 136 valence electrons. The van der Waals surface area contributed by atoms with Crippen LogP contribution in [0.3, 0.4) is 0 Å². The van der Waals surface area contributed by atoms with Gasteiger partial charge in [-0.15, -0.1) is 0 Å². The van der Waals surface area contributed by atoms with Crippen molar-refractivity contribution >= 4 is 22.6 Å². The van der Waals surface area contributed by atoms with Crippen molar-refractivity contribution in [2.75, 3.05) is 0 Å². The van der Waals surface area contributed by atoms with E-state index in [0.717, 1.165) is 33.7 Å². The van der Waals surface area contributed by atoms with Crippen molar-refractivity contribution < 1.29 is 0 Å². The van der Waals surface area contributed by atoms with Crippen LogP contribution in [0.25, 0.3) is 22.2 Å². The summed E-state index contributed by atoms with van der Waals surface area (Å²) >= 11 is 6.58. The van der Waals surface area contributed by atoms with Gasteiger partial charge in [0.05, 0.1) is 17.4 Å². The molecule has 4 rings (SSSR count). The molecule has 2 N–H and O–H groups in total. The molecule has 3 aromatic rings. The molecule has 0 spiro atoms. The van der Waals surface area contributed by atoms with E-state index in [1.54, 1.807) is 6.33 Å². The van der Waals surface area contributed by atoms with Crippen LogP contribution in [0.5, 0.6) is 0 Å². The number of benzene rings is 2. The lowest BCUT2D eigenvalue weighted by atomic mass is 9.75. The van der Waals surface area contributed by atoms with E-state index in [0.29, 0.717) is 11.5 Å². The average Bonchev–Trinajstić information content (AvgIpc) is 3.09. The van der Waals surface area contributed by atoms with Crippen LogP contribution in [0.2, 0.25) is 5.02 Å². The number of nitrogens with zero attached hydrogens (tertiary/aromatic N) is 1. The second-order valence-electron chi connectivity index (χ2n) is 8.26. The predicted molar refractivity (Wildman–Crippen MR) is 109 cm³/mol. The number of hydrogen-bond acceptors (Lipinski definition) is 2. The summed E-state index contributed by atoms with van der Waals surface area (Å²) in [6.07, 6.45) is 6.84. The zero-order valence-electron chi connectivity index (χ0n) is 15.5. The van der Waals surface area contributed by atoms with Gasteiger partial charge in [0.1, 0.15) is 0 Å². The van der Waals surface area contributed by atoms with Crippen LogP contribution in [0, 0.1) is 5.41 Å². The van der Waals surface area contributed by atoms with Crippen LogP contribution in [0.15, 0.2) is 42.7 Å². The highest BCUT2D eigenvalue weighted by Crippen LogP contribution is 2.35. The van der Waals surface area contributed by atoms with E-state index in [9.17, 15) is 0 Å². The van der Waals surface area contributed by atoms with Crippen LogP contribution in [-0.2, 0) is 6.54 Å². The highest BCUT2D eigenvalue weighted by atomic mass is 35.5. The summed E-state index contributed by atoms with van der Waals surface area (Å²) in [4.78, 5) is 7.44. The van der Waals surface area contributed by atoms with Gasteiger partial charge < -0.3 is 10.3 Å². The van der Waals surface area contributed by atoms with Crippen molar-refractivity contribution in [1.82, 2.24) is 15.3 Å². The molecule has 4 heteroatoms. The molecule has 26 heavy (non-hydrogen) atoms. The molecule has 0 bridgehead atoms. The van der Waals surface area contributed by atoms with Crippen LogP contribution in [0.4, 0.5) is 0 Å². The first kappa shape index (κ1) is 17.6. The lowest BCUT2D eigenvalue weighted by molar-refractivity contribution is 0.206. The topological polar surface area (TPSA) is 40.7 Å². The van der Waals surface area contributed by atoms with Crippen molar-refractivity contribution in [2.45, 2.75) is 52.1 Å². The van der Waals surface area contributed by atoms with E-state index in [1.165, 1.54) is 31.2 Å².